The predicted molar refractivity (Wildman–Crippen MR) is 90.8 cm³/mol. The number of hydrogen-bond acceptors (Lipinski definition) is 1. The lowest BCUT2D eigenvalue weighted by Gasteiger charge is -2.37. The van der Waals surface area contributed by atoms with Crippen LogP contribution in [0.25, 0.3) is 0 Å². The molecule has 0 radical (unpaired) electrons. The Morgan fingerprint density at radius 1 is 0.833 bits per heavy atom. The molecule has 1 nitrogen and oxygen atoms in total. The van der Waals surface area contributed by atoms with E-state index in [0.29, 0.717) is 0 Å². The highest BCUT2D eigenvalue weighted by molar-refractivity contribution is 7.10. The first-order valence-electron chi connectivity index (χ1n) is 6.00. The summed E-state index contributed by atoms with van der Waals surface area (Å²) in [6.45, 7) is 0. The van der Waals surface area contributed by atoms with E-state index in [9.17, 15) is 0 Å². The highest BCUT2D eigenvalue weighted by Gasteiger charge is 2.51. The van der Waals surface area contributed by atoms with Crippen LogP contribution in [0.2, 0.25) is 5.54 Å². The Kier molecular flexibility index (Phi) is 8.63. The van der Waals surface area contributed by atoms with Crippen molar-refractivity contribution in [1.29, 1.82) is 0 Å². The predicted octanol–water partition coefficient (Wildman–Crippen LogP) is 4.39. The Balaban J connectivity index is 2.65. The third-order valence-electron chi connectivity index (χ3n) is 3.50. The molecular weight excluding hydrogens is 391 g/mol. The molecule has 1 saturated carbocycles. The first kappa shape index (κ1) is 18.2. The lowest BCUT2D eigenvalue weighted by atomic mass is 10.0. The van der Waals surface area contributed by atoms with Crippen molar-refractivity contribution >= 4 is 87.5 Å². The van der Waals surface area contributed by atoms with Crippen molar-refractivity contribution in [3.8, 4) is 0 Å². The van der Waals surface area contributed by atoms with Gasteiger partial charge in [0, 0.05) is 0 Å². The average molecular weight is 408 g/mol. The van der Waals surface area contributed by atoms with Crippen molar-refractivity contribution < 1.29 is 0 Å². The van der Waals surface area contributed by atoms with Gasteiger partial charge in [0.1, 0.15) is 13.4 Å². The number of halogens is 6. The molecule has 0 aliphatic heterocycles. The summed E-state index contributed by atoms with van der Waals surface area (Å²) >= 11 is 36.3. The van der Waals surface area contributed by atoms with Gasteiger partial charge < -0.3 is 4.65 Å². The zero-order chi connectivity index (χ0) is 13.8. The van der Waals surface area contributed by atoms with Crippen LogP contribution in [0.1, 0.15) is 32.1 Å². The number of alkyl halides is 6. The van der Waals surface area contributed by atoms with E-state index in [-0.39, 0.29) is 0 Å². The van der Waals surface area contributed by atoms with Crippen molar-refractivity contribution in [2.75, 3.05) is 0 Å². The van der Waals surface area contributed by atoms with Crippen LogP contribution >= 0.6 is 69.6 Å². The van der Waals surface area contributed by atoms with Crippen LogP contribution in [0, 0.1) is 0 Å². The van der Waals surface area contributed by atoms with Crippen molar-refractivity contribution in [3.05, 3.63) is 0 Å². The first-order valence-corrected chi connectivity index (χ1v) is 12.4. The Bertz CT molecular complexity index is 225. The van der Waals surface area contributed by atoms with E-state index < -0.39 is 31.3 Å². The summed E-state index contributed by atoms with van der Waals surface area (Å²) in [4.78, 5) is 0. The maximum Gasteiger partial charge on any atom is 0.224 e. The monoisotopic (exact) mass is 405 g/mol. The first-order chi connectivity index (χ1) is 8.41. The van der Waals surface area contributed by atoms with Gasteiger partial charge in [-0.25, -0.2) is 0 Å². The lowest BCUT2D eigenvalue weighted by Crippen LogP contribution is -2.68. The lowest BCUT2D eigenvalue weighted by molar-refractivity contribution is 0.499. The Morgan fingerprint density at radius 3 is 1.67 bits per heavy atom. The van der Waals surface area contributed by atoms with Crippen molar-refractivity contribution in [2.45, 2.75) is 51.0 Å². The number of nitrogens with one attached hydrogen (secondary N) is 1. The van der Waals surface area contributed by atoms with E-state index in [4.69, 9.17) is 69.6 Å². The second kappa shape index (κ2) is 8.55. The van der Waals surface area contributed by atoms with Gasteiger partial charge in [0.25, 0.3) is 0 Å². The maximum absolute atomic E-state index is 6.06. The fraction of sp³-hybridized carbons (Fsp3) is 1.00. The molecule has 0 amide bonds. The second-order valence-corrected chi connectivity index (χ2v) is 16.8. The van der Waals surface area contributed by atoms with Crippen LogP contribution < -0.4 is 4.65 Å². The molecule has 0 saturated heterocycles. The minimum Gasteiger partial charge on any atom is -0.358 e. The molecule has 108 valence electrons. The van der Waals surface area contributed by atoms with Crippen LogP contribution in [-0.4, -0.2) is 31.3 Å². The summed E-state index contributed by atoms with van der Waals surface area (Å²) in [7, 11) is -3.27. The zero-order valence-electron chi connectivity index (χ0n) is 9.82. The van der Waals surface area contributed by atoms with Gasteiger partial charge in [0.2, 0.25) is 8.24 Å². The quantitative estimate of drug-likeness (QED) is 0.508. The zero-order valence-corrected chi connectivity index (χ0v) is 16.8. The summed E-state index contributed by atoms with van der Waals surface area (Å²) in [5.74, 6) is 0. The van der Waals surface area contributed by atoms with Gasteiger partial charge in [0.05, 0.1) is 9.68 Å². The van der Waals surface area contributed by atoms with E-state index in [1.54, 1.807) is 0 Å². The third-order valence-corrected chi connectivity index (χ3v) is 16.8. The van der Waals surface area contributed by atoms with Gasteiger partial charge in [-0.1, -0.05) is 32.1 Å². The van der Waals surface area contributed by atoms with E-state index in [0.717, 1.165) is 5.54 Å². The van der Waals surface area contributed by atoms with E-state index in [1.807, 2.05) is 0 Å². The largest absolute Gasteiger partial charge is 0.358 e. The Morgan fingerprint density at radius 2 is 1.28 bits per heavy atom. The number of hydrogen-bond donors (Lipinski definition) is 1. The SMILES string of the molecule is ClC(Cl)[Si](N[SiH2]C1CCCCC1)(C(Cl)Cl)C(Cl)Cl. The third kappa shape index (κ3) is 4.57. The molecule has 0 atom stereocenters. The molecule has 9 heteroatoms. The summed E-state index contributed by atoms with van der Waals surface area (Å²) in [5, 5.41) is 0. The highest BCUT2D eigenvalue weighted by atomic mass is 35.5. The molecule has 1 aliphatic carbocycles. The minimum atomic E-state index is -2.71. The van der Waals surface area contributed by atoms with E-state index in [1.165, 1.54) is 32.1 Å². The normalized spacial score (nSPS) is 19.8. The van der Waals surface area contributed by atoms with Gasteiger partial charge in [-0.05, 0) is 5.54 Å². The van der Waals surface area contributed by atoms with Gasteiger partial charge in [-0.15, -0.1) is 69.6 Å². The Labute approximate surface area is 142 Å². The Hall–Kier alpha value is 2.13. The van der Waals surface area contributed by atoms with E-state index >= 15 is 0 Å². The molecule has 0 heterocycles. The second-order valence-electron chi connectivity index (χ2n) is 4.72. The minimum absolute atomic E-state index is 0.562. The van der Waals surface area contributed by atoms with Crippen LogP contribution in [-0.2, 0) is 0 Å². The van der Waals surface area contributed by atoms with Crippen LogP contribution in [0.15, 0.2) is 0 Å². The fourth-order valence-corrected chi connectivity index (χ4v) is 19.2. The summed E-state index contributed by atoms with van der Waals surface area (Å²) in [6.07, 6.45) is 6.47. The molecule has 0 spiro atoms. The summed E-state index contributed by atoms with van der Waals surface area (Å²) < 4.78 is 1.34. The average Bonchev–Trinajstić information content (AvgIpc) is 2.29. The molecule has 0 unspecified atom stereocenters. The molecule has 18 heavy (non-hydrogen) atoms. The van der Waals surface area contributed by atoms with Crippen LogP contribution in [0.5, 0.6) is 0 Å². The standard InChI is InChI=1S/C9H17Cl6NSi2/c10-7(11)18(8(12)13,9(14)15)16-17-6-4-2-1-3-5-6/h6-9,16H,1-5,17H2. The molecule has 0 bridgehead atoms. The summed E-state index contributed by atoms with van der Waals surface area (Å²) in [6, 6.07) is 0. The van der Waals surface area contributed by atoms with Crippen LogP contribution in [0.4, 0.5) is 0 Å². The van der Waals surface area contributed by atoms with Gasteiger partial charge in [-0.3, -0.25) is 0 Å². The summed E-state index contributed by atoms with van der Waals surface area (Å²) in [5.41, 5.74) is 0.747. The van der Waals surface area contributed by atoms with Crippen molar-refractivity contribution in [3.63, 3.8) is 0 Å². The highest BCUT2D eigenvalue weighted by Crippen LogP contribution is 2.35. The molecule has 1 rings (SSSR count). The van der Waals surface area contributed by atoms with Crippen molar-refractivity contribution in [2.24, 2.45) is 0 Å². The van der Waals surface area contributed by atoms with Gasteiger partial charge in [0.15, 0.2) is 0 Å². The topological polar surface area (TPSA) is 12.0 Å². The van der Waals surface area contributed by atoms with Crippen molar-refractivity contribution in [1.82, 2.24) is 4.65 Å². The maximum atomic E-state index is 6.06. The molecule has 1 fully saturated rings. The van der Waals surface area contributed by atoms with Gasteiger partial charge >= 0.3 is 0 Å². The smallest absolute Gasteiger partial charge is 0.224 e. The molecule has 0 aromatic carbocycles. The molecule has 0 aromatic heterocycles. The molecule has 0 aromatic rings. The molecular formula is C9H17Cl6NSi2. The fourth-order valence-electron chi connectivity index (χ4n) is 2.23. The molecule has 1 aliphatic rings. The van der Waals surface area contributed by atoms with Gasteiger partial charge in [-0.2, -0.15) is 0 Å². The van der Waals surface area contributed by atoms with Crippen LogP contribution in [0.3, 0.4) is 0 Å². The number of rotatable bonds is 6. The van der Waals surface area contributed by atoms with E-state index in [2.05, 4.69) is 4.65 Å². The molecule has 1 N–H and O–H groups in total.